The molecular weight excluding hydrogens is 378 g/mol. The van der Waals surface area contributed by atoms with E-state index in [0.717, 1.165) is 22.9 Å². The minimum Gasteiger partial charge on any atom is -0.492 e. The Morgan fingerprint density at radius 3 is 2.68 bits per heavy atom. The van der Waals surface area contributed by atoms with Gasteiger partial charge >= 0.3 is 5.97 Å². The monoisotopic (exact) mass is 397 g/mol. The van der Waals surface area contributed by atoms with Crippen LogP contribution in [0.5, 0.6) is 5.75 Å². The highest BCUT2D eigenvalue weighted by molar-refractivity contribution is 8.19. The summed E-state index contributed by atoms with van der Waals surface area (Å²) < 4.78 is 5.52. The number of amides is 2. The number of aryl methyl sites for hydroxylation is 2. The summed E-state index contributed by atoms with van der Waals surface area (Å²) in [5.74, 6) is -0.876. The second-order valence-corrected chi connectivity index (χ2v) is 7.33. The number of aliphatic carboxylic acids is 1. The molecule has 1 saturated heterocycles. The van der Waals surface area contributed by atoms with E-state index in [1.165, 1.54) is 4.90 Å². The summed E-state index contributed by atoms with van der Waals surface area (Å²) in [5.41, 5.74) is 2.99. The molecule has 7 heteroatoms. The molecule has 144 valence electrons. The lowest BCUT2D eigenvalue weighted by molar-refractivity contribution is -0.137. The molecular formula is C21H19NO5S. The van der Waals surface area contributed by atoms with E-state index in [9.17, 15) is 14.4 Å². The molecule has 0 spiro atoms. The highest BCUT2D eigenvalue weighted by atomic mass is 32.2. The van der Waals surface area contributed by atoms with Gasteiger partial charge in [-0.2, -0.15) is 0 Å². The largest absolute Gasteiger partial charge is 0.492 e. The number of carboxylic acid groups (broad SMARTS) is 1. The fraction of sp³-hybridized carbons (Fsp3) is 0.190. The lowest BCUT2D eigenvalue weighted by Crippen LogP contribution is -2.28. The van der Waals surface area contributed by atoms with Gasteiger partial charge in [-0.05, 0) is 54.9 Å². The number of thioether (sulfide) groups is 1. The number of nitrogens with zero attached hydrogens (tertiary/aromatic N) is 1. The van der Waals surface area contributed by atoms with Gasteiger partial charge in [-0.15, -0.1) is 0 Å². The first kappa shape index (κ1) is 19.7. The van der Waals surface area contributed by atoms with Gasteiger partial charge in [-0.1, -0.05) is 30.3 Å². The van der Waals surface area contributed by atoms with Crippen LogP contribution in [0.15, 0.2) is 47.4 Å². The molecule has 1 aliphatic rings. The van der Waals surface area contributed by atoms with Crippen LogP contribution in [0.2, 0.25) is 0 Å². The van der Waals surface area contributed by atoms with Crippen molar-refractivity contribution in [3.05, 3.63) is 64.1 Å². The van der Waals surface area contributed by atoms with Crippen LogP contribution in [-0.2, 0) is 9.59 Å². The van der Waals surface area contributed by atoms with E-state index >= 15 is 0 Å². The van der Waals surface area contributed by atoms with Crippen molar-refractivity contribution in [2.75, 3.05) is 11.5 Å². The van der Waals surface area contributed by atoms with E-state index in [0.29, 0.717) is 21.9 Å². The molecule has 0 aliphatic carbocycles. The SMILES string of the molecule is Cc1ccc(C)c(N2C(=O)S/C(=C/c3ccccc3OCCC(=O)O)C2=O)c1. The van der Waals surface area contributed by atoms with Crippen LogP contribution in [0.1, 0.15) is 23.1 Å². The van der Waals surface area contributed by atoms with Gasteiger partial charge in [0, 0.05) is 5.56 Å². The molecule has 2 aromatic carbocycles. The van der Waals surface area contributed by atoms with Crippen LogP contribution in [-0.4, -0.2) is 28.8 Å². The fourth-order valence-electron chi connectivity index (χ4n) is 2.76. The average molecular weight is 397 g/mol. The first-order valence-corrected chi connectivity index (χ1v) is 9.47. The van der Waals surface area contributed by atoms with Crippen molar-refractivity contribution in [1.29, 1.82) is 0 Å². The number of anilines is 1. The highest BCUT2D eigenvalue weighted by Gasteiger charge is 2.37. The minimum absolute atomic E-state index is 0.0180. The predicted octanol–water partition coefficient (Wildman–Crippen LogP) is 4.40. The topological polar surface area (TPSA) is 83.9 Å². The molecule has 1 heterocycles. The molecule has 1 aliphatic heterocycles. The number of imide groups is 1. The van der Waals surface area contributed by atoms with Crippen LogP contribution < -0.4 is 9.64 Å². The zero-order chi connectivity index (χ0) is 20.3. The molecule has 0 atom stereocenters. The van der Waals surface area contributed by atoms with Gasteiger partial charge in [0.1, 0.15) is 5.75 Å². The quantitative estimate of drug-likeness (QED) is 0.728. The van der Waals surface area contributed by atoms with Gasteiger partial charge in [0.15, 0.2) is 0 Å². The lowest BCUT2D eigenvalue weighted by Gasteiger charge is -2.16. The van der Waals surface area contributed by atoms with Crippen molar-refractivity contribution in [3.63, 3.8) is 0 Å². The number of para-hydroxylation sites is 1. The van der Waals surface area contributed by atoms with Crippen LogP contribution in [0, 0.1) is 13.8 Å². The third-order valence-electron chi connectivity index (χ3n) is 4.18. The molecule has 6 nitrogen and oxygen atoms in total. The molecule has 0 unspecified atom stereocenters. The van der Waals surface area contributed by atoms with Gasteiger partial charge in [0.2, 0.25) is 0 Å². The zero-order valence-electron chi connectivity index (χ0n) is 15.5. The molecule has 0 saturated carbocycles. The summed E-state index contributed by atoms with van der Waals surface area (Å²) in [4.78, 5) is 37.6. The predicted molar refractivity (Wildman–Crippen MR) is 109 cm³/mol. The Labute approximate surface area is 166 Å². The Morgan fingerprint density at radius 1 is 1.18 bits per heavy atom. The molecule has 2 amide bonds. The first-order chi connectivity index (χ1) is 13.4. The minimum atomic E-state index is -0.952. The van der Waals surface area contributed by atoms with Gasteiger partial charge in [-0.25, -0.2) is 4.90 Å². The molecule has 1 N–H and O–H groups in total. The van der Waals surface area contributed by atoms with E-state index in [2.05, 4.69) is 0 Å². The standard InChI is InChI=1S/C21H19NO5S/c1-13-7-8-14(2)16(11-13)22-20(25)18(28-21(22)26)12-15-5-3-4-6-17(15)27-10-9-19(23)24/h3-8,11-12H,9-10H2,1-2H3,(H,23,24)/b18-12+. The maximum atomic E-state index is 12.9. The number of rotatable bonds is 6. The lowest BCUT2D eigenvalue weighted by atomic mass is 10.1. The number of hydrogen-bond donors (Lipinski definition) is 1. The van der Waals surface area contributed by atoms with Gasteiger partial charge in [0.05, 0.1) is 23.6 Å². The van der Waals surface area contributed by atoms with Crippen molar-refractivity contribution in [3.8, 4) is 5.75 Å². The number of carboxylic acids is 1. The second kappa shape index (κ2) is 8.31. The Balaban J connectivity index is 1.88. The fourth-order valence-corrected chi connectivity index (χ4v) is 3.58. The molecule has 1 fully saturated rings. The maximum Gasteiger partial charge on any atom is 0.306 e. The normalized spacial score (nSPS) is 15.4. The Bertz CT molecular complexity index is 983. The second-order valence-electron chi connectivity index (χ2n) is 6.34. The third kappa shape index (κ3) is 4.26. The molecule has 0 aromatic heterocycles. The van der Waals surface area contributed by atoms with E-state index in [-0.39, 0.29) is 24.2 Å². The smallest absolute Gasteiger partial charge is 0.306 e. The van der Waals surface area contributed by atoms with Gasteiger partial charge < -0.3 is 9.84 Å². The van der Waals surface area contributed by atoms with Crippen molar-refractivity contribution in [2.24, 2.45) is 0 Å². The molecule has 28 heavy (non-hydrogen) atoms. The van der Waals surface area contributed by atoms with Crippen LogP contribution in [0.4, 0.5) is 10.5 Å². The van der Waals surface area contributed by atoms with Crippen molar-refractivity contribution >= 4 is 40.6 Å². The summed E-state index contributed by atoms with van der Waals surface area (Å²) in [6.07, 6.45) is 1.48. The molecule has 0 bridgehead atoms. The first-order valence-electron chi connectivity index (χ1n) is 8.65. The van der Waals surface area contributed by atoms with E-state index in [4.69, 9.17) is 9.84 Å². The number of carbonyl (C=O) groups excluding carboxylic acids is 2. The number of carbonyl (C=O) groups is 3. The number of benzene rings is 2. The summed E-state index contributed by atoms with van der Waals surface area (Å²) >= 11 is 0.872. The number of hydrogen-bond acceptors (Lipinski definition) is 5. The van der Waals surface area contributed by atoms with Gasteiger partial charge in [0.25, 0.3) is 11.1 Å². The molecule has 2 aromatic rings. The van der Waals surface area contributed by atoms with Gasteiger partial charge in [-0.3, -0.25) is 14.4 Å². The van der Waals surface area contributed by atoms with Crippen LogP contribution >= 0.6 is 11.8 Å². The highest BCUT2D eigenvalue weighted by Crippen LogP contribution is 2.38. The Morgan fingerprint density at radius 2 is 1.93 bits per heavy atom. The van der Waals surface area contributed by atoms with E-state index < -0.39 is 5.97 Å². The van der Waals surface area contributed by atoms with E-state index in [1.807, 2.05) is 32.0 Å². The summed E-state index contributed by atoms with van der Waals surface area (Å²) in [7, 11) is 0. The van der Waals surface area contributed by atoms with Crippen molar-refractivity contribution in [1.82, 2.24) is 0 Å². The maximum absolute atomic E-state index is 12.9. The van der Waals surface area contributed by atoms with Crippen LogP contribution in [0.3, 0.4) is 0 Å². The molecule has 0 radical (unpaired) electrons. The zero-order valence-corrected chi connectivity index (χ0v) is 16.3. The molecule has 3 rings (SSSR count). The van der Waals surface area contributed by atoms with Crippen molar-refractivity contribution < 1.29 is 24.2 Å². The summed E-state index contributed by atoms with van der Waals surface area (Å²) in [5, 5.41) is 8.40. The summed E-state index contributed by atoms with van der Waals surface area (Å²) in [6.45, 7) is 3.78. The van der Waals surface area contributed by atoms with Crippen molar-refractivity contribution in [2.45, 2.75) is 20.3 Å². The summed E-state index contributed by atoms with van der Waals surface area (Å²) in [6, 6.07) is 12.6. The Hall–Kier alpha value is -3.06. The Kier molecular flexibility index (Phi) is 5.84. The third-order valence-corrected chi connectivity index (χ3v) is 5.05. The van der Waals surface area contributed by atoms with Crippen LogP contribution in [0.25, 0.3) is 6.08 Å². The average Bonchev–Trinajstić information content (AvgIpc) is 2.92. The number of ether oxygens (including phenoxy) is 1. The van der Waals surface area contributed by atoms with E-state index in [1.54, 1.807) is 30.3 Å².